The molecule has 0 N–H and O–H groups in total. The van der Waals surface area contributed by atoms with E-state index >= 15 is 0 Å². The van der Waals surface area contributed by atoms with E-state index in [2.05, 4.69) is 0 Å². The lowest BCUT2D eigenvalue weighted by Crippen LogP contribution is -1.94. The quantitative estimate of drug-likeness (QED) is 0.590. The van der Waals surface area contributed by atoms with Gasteiger partial charge in [0.15, 0.2) is 10.9 Å². The maximum absolute atomic E-state index is 11.4. The van der Waals surface area contributed by atoms with Crippen molar-refractivity contribution in [2.24, 2.45) is 0 Å². The van der Waals surface area contributed by atoms with Crippen LogP contribution in [-0.2, 0) is 4.79 Å². The molecule has 0 saturated heterocycles. The Labute approximate surface area is 106 Å². The first-order valence-corrected chi connectivity index (χ1v) is 6.49. The Morgan fingerprint density at radius 1 is 1.24 bits per heavy atom. The van der Waals surface area contributed by atoms with Crippen LogP contribution in [0.3, 0.4) is 0 Å². The molecule has 0 amide bonds. The molecule has 1 aromatic carbocycles. The van der Waals surface area contributed by atoms with Crippen LogP contribution in [0, 0.1) is 0 Å². The van der Waals surface area contributed by atoms with Crippen molar-refractivity contribution in [2.75, 3.05) is 5.75 Å². The second kappa shape index (κ2) is 7.07. The largest absolute Gasteiger partial charge is 0.294 e. The Morgan fingerprint density at radius 2 is 1.94 bits per heavy atom. The van der Waals surface area contributed by atoms with Crippen LogP contribution in [-0.4, -0.2) is 16.7 Å². The highest BCUT2D eigenvalue weighted by atomic mass is 32.2. The summed E-state index contributed by atoms with van der Waals surface area (Å²) in [4.78, 5) is 22.1. The SMILES string of the molecule is CC(=O)SCCC=Cc1ccccc1C(C)=O. The number of hydrogen-bond acceptors (Lipinski definition) is 3. The fraction of sp³-hybridized carbons (Fsp3) is 0.286. The van der Waals surface area contributed by atoms with Crippen LogP contribution in [0.4, 0.5) is 0 Å². The van der Waals surface area contributed by atoms with Gasteiger partial charge in [-0.25, -0.2) is 0 Å². The van der Waals surface area contributed by atoms with Crippen LogP contribution < -0.4 is 0 Å². The van der Waals surface area contributed by atoms with Crippen LogP contribution in [0.15, 0.2) is 30.3 Å². The highest BCUT2D eigenvalue weighted by Crippen LogP contribution is 2.12. The zero-order chi connectivity index (χ0) is 12.7. The number of thioether (sulfide) groups is 1. The first-order valence-electron chi connectivity index (χ1n) is 5.51. The average Bonchev–Trinajstić information content (AvgIpc) is 2.28. The molecule has 0 aliphatic heterocycles. The van der Waals surface area contributed by atoms with Gasteiger partial charge < -0.3 is 0 Å². The van der Waals surface area contributed by atoms with Crippen molar-refractivity contribution in [3.05, 3.63) is 41.5 Å². The van der Waals surface area contributed by atoms with Crippen LogP contribution in [0.2, 0.25) is 0 Å². The lowest BCUT2D eigenvalue weighted by Gasteiger charge is -2.00. The standard InChI is InChI=1S/C14H16O2S/c1-11(15)14-9-4-3-7-13(14)8-5-6-10-17-12(2)16/h3-5,7-9H,6,10H2,1-2H3. The zero-order valence-corrected chi connectivity index (χ0v) is 10.9. The van der Waals surface area contributed by atoms with E-state index in [-0.39, 0.29) is 10.9 Å². The molecule has 0 aromatic heterocycles. The molecule has 0 saturated carbocycles. The van der Waals surface area contributed by atoms with E-state index in [1.165, 1.54) is 11.8 Å². The molecule has 3 heteroatoms. The first-order chi connectivity index (χ1) is 8.11. The van der Waals surface area contributed by atoms with Crippen LogP contribution in [0.5, 0.6) is 0 Å². The molecule has 90 valence electrons. The smallest absolute Gasteiger partial charge is 0.185 e. The molecule has 1 rings (SSSR count). The molecule has 1 aromatic rings. The van der Waals surface area contributed by atoms with Gasteiger partial charge in [-0.15, -0.1) is 0 Å². The second-order valence-electron chi connectivity index (χ2n) is 3.67. The first kappa shape index (κ1) is 13.7. The molecule has 0 heterocycles. The number of Topliss-reactive ketones (excluding diaryl/α,β-unsaturated/α-hetero) is 1. The molecule has 0 aliphatic rings. The Balaban J connectivity index is 2.59. The van der Waals surface area contributed by atoms with Crippen LogP contribution in [0.1, 0.15) is 36.2 Å². The summed E-state index contributed by atoms with van der Waals surface area (Å²) in [6.07, 6.45) is 4.77. The Kier molecular flexibility index (Phi) is 5.70. The minimum atomic E-state index is 0.0726. The van der Waals surface area contributed by atoms with E-state index in [4.69, 9.17) is 0 Å². The lowest BCUT2D eigenvalue weighted by atomic mass is 10.0. The third-order valence-electron chi connectivity index (χ3n) is 2.23. The molecule has 0 bridgehead atoms. The predicted octanol–water partition coefficient (Wildman–Crippen LogP) is 3.57. The zero-order valence-electron chi connectivity index (χ0n) is 10.1. The van der Waals surface area contributed by atoms with Crippen molar-refractivity contribution in [2.45, 2.75) is 20.3 Å². The number of rotatable bonds is 5. The number of allylic oxidation sites excluding steroid dienone is 1. The van der Waals surface area contributed by atoms with Crippen LogP contribution >= 0.6 is 11.8 Å². The third-order valence-corrected chi connectivity index (χ3v) is 3.07. The van der Waals surface area contributed by atoms with Gasteiger partial charge in [-0.1, -0.05) is 48.2 Å². The summed E-state index contributed by atoms with van der Waals surface area (Å²) in [6.45, 7) is 3.14. The number of benzene rings is 1. The minimum Gasteiger partial charge on any atom is -0.294 e. The van der Waals surface area contributed by atoms with Gasteiger partial charge in [0, 0.05) is 18.2 Å². The van der Waals surface area contributed by atoms with Gasteiger partial charge in [0.25, 0.3) is 0 Å². The number of hydrogen-bond donors (Lipinski definition) is 0. The van der Waals surface area contributed by atoms with E-state index < -0.39 is 0 Å². The van der Waals surface area contributed by atoms with Gasteiger partial charge in [-0.05, 0) is 18.9 Å². The van der Waals surface area contributed by atoms with Gasteiger partial charge in [-0.3, -0.25) is 9.59 Å². The fourth-order valence-corrected chi connectivity index (χ4v) is 1.99. The topological polar surface area (TPSA) is 34.1 Å². The second-order valence-corrected chi connectivity index (χ2v) is 4.95. The molecule has 0 atom stereocenters. The highest BCUT2D eigenvalue weighted by Gasteiger charge is 2.02. The minimum absolute atomic E-state index is 0.0726. The van der Waals surface area contributed by atoms with Gasteiger partial charge in [0.1, 0.15) is 0 Å². The summed E-state index contributed by atoms with van der Waals surface area (Å²) in [5, 5.41) is 0.141. The summed E-state index contributed by atoms with van der Waals surface area (Å²) >= 11 is 1.32. The number of ketones is 1. The van der Waals surface area contributed by atoms with Crippen molar-refractivity contribution in [3.63, 3.8) is 0 Å². The fourth-order valence-electron chi connectivity index (χ4n) is 1.44. The molecule has 0 aliphatic carbocycles. The lowest BCUT2D eigenvalue weighted by molar-refractivity contribution is -0.109. The molecule has 0 spiro atoms. The van der Waals surface area contributed by atoms with E-state index in [0.29, 0.717) is 0 Å². The van der Waals surface area contributed by atoms with E-state index in [0.717, 1.165) is 23.3 Å². The van der Waals surface area contributed by atoms with E-state index in [1.54, 1.807) is 13.8 Å². The summed E-state index contributed by atoms with van der Waals surface area (Å²) in [5.41, 5.74) is 1.68. The normalized spacial score (nSPS) is 10.7. The van der Waals surface area contributed by atoms with Crippen molar-refractivity contribution < 1.29 is 9.59 Å². The van der Waals surface area contributed by atoms with Crippen LogP contribution in [0.25, 0.3) is 6.08 Å². The summed E-state index contributed by atoms with van der Waals surface area (Å²) in [7, 11) is 0. The molecule has 0 unspecified atom stereocenters. The number of carbonyl (C=O) groups is 2. The van der Waals surface area contributed by atoms with Crippen molar-refractivity contribution in [1.29, 1.82) is 0 Å². The third kappa shape index (κ3) is 5.00. The summed E-state index contributed by atoms with van der Waals surface area (Å²) in [6, 6.07) is 7.52. The Bertz CT molecular complexity index is 436. The summed E-state index contributed by atoms with van der Waals surface area (Å²) < 4.78 is 0. The predicted molar refractivity (Wildman–Crippen MR) is 73.2 cm³/mol. The maximum atomic E-state index is 11.4. The average molecular weight is 248 g/mol. The van der Waals surface area contributed by atoms with Crippen molar-refractivity contribution in [3.8, 4) is 0 Å². The van der Waals surface area contributed by atoms with Crippen molar-refractivity contribution >= 4 is 28.7 Å². The molecule has 17 heavy (non-hydrogen) atoms. The Morgan fingerprint density at radius 3 is 2.59 bits per heavy atom. The van der Waals surface area contributed by atoms with Gasteiger partial charge in [0.05, 0.1) is 0 Å². The molecule has 0 fully saturated rings. The maximum Gasteiger partial charge on any atom is 0.185 e. The highest BCUT2D eigenvalue weighted by molar-refractivity contribution is 8.13. The monoisotopic (exact) mass is 248 g/mol. The Hall–Kier alpha value is -1.35. The molecule has 2 nitrogen and oxygen atoms in total. The van der Waals surface area contributed by atoms with Gasteiger partial charge >= 0.3 is 0 Å². The van der Waals surface area contributed by atoms with Gasteiger partial charge in [-0.2, -0.15) is 0 Å². The number of carbonyl (C=O) groups excluding carboxylic acids is 2. The molecular formula is C14H16O2S. The van der Waals surface area contributed by atoms with Crippen molar-refractivity contribution in [1.82, 2.24) is 0 Å². The molecule has 0 radical (unpaired) electrons. The van der Waals surface area contributed by atoms with E-state index in [9.17, 15) is 9.59 Å². The summed E-state index contributed by atoms with van der Waals surface area (Å²) in [5.74, 6) is 0.858. The molecular weight excluding hydrogens is 232 g/mol. The van der Waals surface area contributed by atoms with E-state index in [1.807, 2.05) is 36.4 Å². The van der Waals surface area contributed by atoms with Gasteiger partial charge in [0.2, 0.25) is 0 Å².